The molecule has 0 radical (unpaired) electrons. The normalized spacial score (nSPS) is 19.8. The number of rotatable bonds is 2. The number of hydrogen-bond acceptors (Lipinski definition) is 3. The van der Waals surface area contributed by atoms with Crippen molar-refractivity contribution in [3.05, 3.63) is 19.0 Å². The molecule has 0 saturated carbocycles. The number of nitrogens with zero attached hydrogens (tertiary/aromatic N) is 2. The van der Waals surface area contributed by atoms with Crippen molar-refractivity contribution in [1.29, 1.82) is 0 Å². The van der Waals surface area contributed by atoms with E-state index in [4.69, 9.17) is 9.31 Å². The molecule has 2 heterocycles. The van der Waals surface area contributed by atoms with Crippen molar-refractivity contribution in [2.45, 2.75) is 59.7 Å². The molecule has 5 heteroatoms. The van der Waals surface area contributed by atoms with Crippen LogP contribution >= 0.6 is 0 Å². The fourth-order valence-corrected chi connectivity index (χ4v) is 1.65. The molecule has 4 nitrogen and oxygen atoms in total. The molecule has 106 valence electrons. The second kappa shape index (κ2) is 5.51. The number of aromatic nitrogens is 2. The molecule has 0 amide bonds. The van der Waals surface area contributed by atoms with Crippen molar-refractivity contribution in [1.82, 2.24) is 9.78 Å². The third kappa shape index (κ3) is 3.10. The summed E-state index contributed by atoms with van der Waals surface area (Å²) in [5.41, 5.74) is 1.16. The highest BCUT2D eigenvalue weighted by molar-refractivity contribution is 6.62. The summed E-state index contributed by atoms with van der Waals surface area (Å²) in [6, 6.07) is 0. The Morgan fingerprint density at radius 1 is 1.21 bits per heavy atom. The highest BCUT2D eigenvalue weighted by Crippen LogP contribution is 2.36. The Morgan fingerprint density at radius 2 is 1.68 bits per heavy atom. The maximum atomic E-state index is 5.94. The van der Waals surface area contributed by atoms with Gasteiger partial charge in [-0.2, -0.15) is 5.10 Å². The van der Waals surface area contributed by atoms with Crippen molar-refractivity contribution in [2.24, 2.45) is 0 Å². The molecule has 0 bridgehead atoms. The van der Waals surface area contributed by atoms with E-state index in [1.807, 2.05) is 54.7 Å². The molecule has 0 spiro atoms. The van der Waals surface area contributed by atoms with Crippen LogP contribution in [-0.2, 0) is 9.31 Å². The minimum absolute atomic E-state index is 0.316. The summed E-state index contributed by atoms with van der Waals surface area (Å²) < 4.78 is 13.6. The van der Waals surface area contributed by atoms with E-state index in [9.17, 15) is 0 Å². The first-order valence-electron chi connectivity index (χ1n) is 6.79. The quantitative estimate of drug-likeness (QED) is 0.770. The van der Waals surface area contributed by atoms with Gasteiger partial charge in [0.1, 0.15) is 0 Å². The van der Waals surface area contributed by atoms with Gasteiger partial charge in [-0.3, -0.25) is 0 Å². The van der Waals surface area contributed by atoms with Crippen molar-refractivity contribution in [2.75, 3.05) is 0 Å². The van der Waals surface area contributed by atoms with Crippen molar-refractivity contribution < 1.29 is 9.31 Å². The molecule has 0 N–H and O–H groups in total. The molecule has 1 aromatic heterocycles. The van der Waals surface area contributed by atoms with Crippen LogP contribution in [0.3, 0.4) is 0 Å². The number of hydrogen-bond donors (Lipinski definition) is 0. The number of allylic oxidation sites excluding steroid dienone is 1. The van der Waals surface area contributed by atoms with Gasteiger partial charge in [-0.05, 0) is 34.6 Å². The van der Waals surface area contributed by atoms with E-state index in [0.717, 1.165) is 11.2 Å². The van der Waals surface area contributed by atoms with Gasteiger partial charge in [0, 0.05) is 23.6 Å². The average molecular weight is 264 g/mol. The molecule has 1 aliphatic rings. The molecule has 0 aromatic carbocycles. The van der Waals surface area contributed by atoms with Gasteiger partial charge in [0.25, 0.3) is 0 Å². The van der Waals surface area contributed by atoms with E-state index < -0.39 is 0 Å². The summed E-state index contributed by atoms with van der Waals surface area (Å²) in [4.78, 5) is 0. The smallest absolute Gasteiger partial charge is 0.399 e. The van der Waals surface area contributed by atoms with Gasteiger partial charge in [0.05, 0.1) is 11.2 Å². The Kier molecular flexibility index (Phi) is 4.64. The lowest BCUT2D eigenvalue weighted by molar-refractivity contribution is 0.00578. The summed E-state index contributed by atoms with van der Waals surface area (Å²) in [7, 11) is -0.354. The monoisotopic (exact) mass is 264 g/mol. The lowest BCUT2D eigenvalue weighted by Gasteiger charge is -2.32. The van der Waals surface area contributed by atoms with Crippen LogP contribution in [0.25, 0.3) is 5.70 Å². The molecule has 0 aliphatic carbocycles. The third-order valence-corrected chi connectivity index (χ3v) is 3.52. The SMILES string of the molecule is C=C(C)n1cc(B2OC(C)(C)C(C)(C)O2)cn1.CC. The molecule has 0 atom stereocenters. The second-order valence-corrected chi connectivity index (χ2v) is 5.54. The van der Waals surface area contributed by atoms with Crippen LogP contribution in [0.5, 0.6) is 0 Å². The predicted molar refractivity (Wildman–Crippen MR) is 80.3 cm³/mol. The van der Waals surface area contributed by atoms with Crippen molar-refractivity contribution in [3.8, 4) is 0 Å². The Hall–Kier alpha value is -1.07. The first-order chi connectivity index (χ1) is 8.73. The zero-order valence-electron chi connectivity index (χ0n) is 13.2. The fraction of sp³-hybridized carbons (Fsp3) is 0.643. The molecular weight excluding hydrogens is 239 g/mol. The first-order valence-corrected chi connectivity index (χ1v) is 6.79. The van der Waals surface area contributed by atoms with Gasteiger partial charge in [-0.15, -0.1) is 0 Å². The van der Waals surface area contributed by atoms with Gasteiger partial charge in [-0.25, -0.2) is 4.68 Å². The van der Waals surface area contributed by atoms with Crippen LogP contribution in [0.2, 0.25) is 0 Å². The fourth-order valence-electron chi connectivity index (χ4n) is 1.65. The third-order valence-electron chi connectivity index (χ3n) is 3.52. The summed E-state index contributed by atoms with van der Waals surface area (Å²) >= 11 is 0. The zero-order chi connectivity index (χ0) is 14.8. The second-order valence-electron chi connectivity index (χ2n) is 5.54. The van der Waals surface area contributed by atoms with Gasteiger partial charge < -0.3 is 9.31 Å². The highest BCUT2D eigenvalue weighted by atomic mass is 16.7. The van der Waals surface area contributed by atoms with E-state index in [1.54, 1.807) is 10.9 Å². The van der Waals surface area contributed by atoms with E-state index in [2.05, 4.69) is 11.7 Å². The van der Waals surface area contributed by atoms with E-state index in [0.29, 0.717) is 0 Å². The van der Waals surface area contributed by atoms with Gasteiger partial charge >= 0.3 is 7.12 Å². The Bertz CT molecular complexity index is 436. The topological polar surface area (TPSA) is 36.3 Å². The Morgan fingerprint density at radius 3 is 2.05 bits per heavy atom. The van der Waals surface area contributed by atoms with Crippen molar-refractivity contribution in [3.63, 3.8) is 0 Å². The molecular formula is C14H25BN2O2. The zero-order valence-corrected chi connectivity index (χ0v) is 13.2. The largest absolute Gasteiger partial charge is 0.498 e. The lowest BCUT2D eigenvalue weighted by Crippen LogP contribution is -2.41. The van der Waals surface area contributed by atoms with E-state index >= 15 is 0 Å². The molecule has 1 fully saturated rings. The summed E-state index contributed by atoms with van der Waals surface area (Å²) in [6.45, 7) is 17.9. The molecule has 19 heavy (non-hydrogen) atoms. The lowest BCUT2D eigenvalue weighted by atomic mass is 9.82. The minimum Gasteiger partial charge on any atom is -0.399 e. The minimum atomic E-state index is -0.354. The molecule has 1 saturated heterocycles. The molecule has 0 unspecified atom stereocenters. The summed E-state index contributed by atoms with van der Waals surface area (Å²) in [6.07, 6.45) is 3.65. The van der Waals surface area contributed by atoms with Crippen LogP contribution in [0.15, 0.2) is 19.0 Å². The standard InChI is InChI=1S/C12H19BN2O2.C2H6/c1-9(2)15-8-10(7-14-15)13-16-11(3,4)12(5,6)17-13;1-2/h7-8H,1H2,2-6H3;1-2H3. The van der Waals surface area contributed by atoms with Crippen LogP contribution in [0, 0.1) is 0 Å². The summed E-state index contributed by atoms with van der Waals surface area (Å²) in [5.74, 6) is 0. The van der Waals surface area contributed by atoms with Crippen LogP contribution < -0.4 is 5.46 Å². The van der Waals surface area contributed by atoms with Crippen LogP contribution in [0.4, 0.5) is 0 Å². The average Bonchev–Trinajstić information content (AvgIpc) is 2.85. The van der Waals surface area contributed by atoms with Crippen LogP contribution in [0.1, 0.15) is 48.5 Å². The van der Waals surface area contributed by atoms with Gasteiger partial charge in [0.15, 0.2) is 0 Å². The first kappa shape index (κ1) is 16.0. The maximum absolute atomic E-state index is 5.94. The molecule has 1 aromatic rings. The van der Waals surface area contributed by atoms with Crippen molar-refractivity contribution >= 4 is 18.3 Å². The molecule has 1 aliphatic heterocycles. The Balaban J connectivity index is 0.000000861. The predicted octanol–water partition coefficient (Wildman–Crippen LogP) is 2.70. The summed E-state index contributed by atoms with van der Waals surface area (Å²) in [5, 5.41) is 4.21. The van der Waals surface area contributed by atoms with Gasteiger partial charge in [0.2, 0.25) is 0 Å². The van der Waals surface area contributed by atoms with Gasteiger partial charge in [-0.1, -0.05) is 20.4 Å². The highest BCUT2D eigenvalue weighted by Gasteiger charge is 2.52. The van der Waals surface area contributed by atoms with E-state index in [-0.39, 0.29) is 18.3 Å². The Labute approximate surface area is 116 Å². The van der Waals surface area contributed by atoms with E-state index in [1.165, 1.54) is 0 Å². The van der Waals surface area contributed by atoms with Crippen LogP contribution in [-0.4, -0.2) is 28.1 Å². The molecule has 2 rings (SSSR count). The maximum Gasteiger partial charge on any atom is 0.498 e.